The van der Waals surface area contributed by atoms with Gasteiger partial charge in [0.2, 0.25) is 0 Å². The third-order valence-corrected chi connectivity index (χ3v) is 0.552. The van der Waals surface area contributed by atoms with Crippen molar-refractivity contribution in [3.63, 3.8) is 0 Å². The van der Waals surface area contributed by atoms with E-state index in [1.807, 2.05) is 24.5 Å². The van der Waals surface area contributed by atoms with Crippen LogP contribution in [-0.4, -0.2) is 0 Å². The highest BCUT2D eigenvalue weighted by Crippen LogP contribution is 1.66. The van der Waals surface area contributed by atoms with E-state index in [1.165, 1.54) is 0 Å². The highest BCUT2D eigenvalue weighted by Gasteiger charge is 1.54. The second-order valence-electron chi connectivity index (χ2n) is 1.00. The Kier molecular flexibility index (Phi) is 0.865. The summed E-state index contributed by atoms with van der Waals surface area (Å²) in [6.07, 6.45) is 3.64. The van der Waals surface area contributed by atoms with Crippen molar-refractivity contribution in [2.45, 2.75) is 0 Å². The van der Waals surface area contributed by atoms with Gasteiger partial charge in [0.05, 0.1) is 12.4 Å². The summed E-state index contributed by atoms with van der Waals surface area (Å²) < 4.78 is 0. The summed E-state index contributed by atoms with van der Waals surface area (Å²) in [5.41, 5.74) is 0. The Bertz CT molecular complexity index is 75.9. The number of hydrogen-bond acceptors (Lipinski definition) is 0. The lowest BCUT2D eigenvalue weighted by Crippen LogP contribution is -1.94. The number of nitrogens with one attached hydrogen (secondary N) is 1. The van der Waals surface area contributed by atoms with Crippen LogP contribution in [0.5, 0.6) is 0 Å². The molecule has 1 rings (SSSR count). The molecule has 0 radical (unpaired) electrons. The van der Waals surface area contributed by atoms with E-state index in [1.54, 1.807) is 0 Å². The second kappa shape index (κ2) is 1.55. The molecule has 6 heavy (non-hydrogen) atoms. The van der Waals surface area contributed by atoms with E-state index in [9.17, 15) is 0 Å². The minimum atomic E-state index is 1.82. The van der Waals surface area contributed by atoms with E-state index in [2.05, 4.69) is 11.1 Å². The van der Waals surface area contributed by atoms with Crippen LogP contribution < -0.4 is 4.98 Å². The molecule has 1 N–H and O–H groups in total. The second-order valence-corrected chi connectivity index (χ2v) is 1.00. The van der Waals surface area contributed by atoms with E-state index < -0.39 is 0 Å². The molecule has 1 aromatic rings. The third kappa shape index (κ3) is 0.549. The lowest BCUT2D eigenvalue weighted by molar-refractivity contribution is -0.378. The maximum Gasteiger partial charge on any atom is 0.0613 e. The van der Waals surface area contributed by atoms with E-state index in [4.69, 9.17) is 0 Å². The maximum atomic E-state index is 2.86. The molecule has 1 nitrogen and oxygen atoms in total. The fourth-order valence-electron chi connectivity index (χ4n) is 0.304. The molecule has 0 unspecified atom stereocenters. The highest BCUT2D eigenvalue weighted by molar-refractivity contribution is 4.79. The molecule has 0 atom stereocenters. The van der Waals surface area contributed by atoms with Gasteiger partial charge in [-0.25, -0.2) is 0 Å². The van der Waals surface area contributed by atoms with Gasteiger partial charge in [0.15, 0.2) is 0 Å². The Morgan fingerprint density at radius 2 is 1.83 bits per heavy atom. The molecule has 0 aliphatic rings. The average molecular weight is 79.1 g/mol. The Labute approximate surface area is 36.7 Å². The molecule has 0 saturated carbocycles. The minimum Gasteiger partial charge on any atom is -0.325 e. The van der Waals surface area contributed by atoms with Gasteiger partial charge in [0.1, 0.15) is 0 Å². The summed E-state index contributed by atoms with van der Waals surface area (Å²) in [5, 5.41) is 0. The van der Waals surface area contributed by atoms with Crippen LogP contribution in [0.25, 0.3) is 0 Å². The number of aromatic nitrogens is 1. The molecule has 30 valence electrons. The summed E-state index contributed by atoms with van der Waals surface area (Å²) in [6, 6.07) is 6.50. The quantitative estimate of drug-likeness (QED) is 0.397. The molecule has 1 heteroatoms. The first kappa shape index (κ1) is 3.34. The van der Waals surface area contributed by atoms with Crippen molar-refractivity contribution < 1.29 is 4.98 Å². The third-order valence-electron chi connectivity index (χ3n) is 0.552. The van der Waals surface area contributed by atoms with Gasteiger partial charge in [-0.2, -0.15) is 6.07 Å². The molecule has 0 aromatic carbocycles. The minimum absolute atomic E-state index is 1.82. The topological polar surface area (TPSA) is 14.1 Å². The van der Waals surface area contributed by atoms with Crippen LogP contribution in [0.15, 0.2) is 24.5 Å². The largest absolute Gasteiger partial charge is 0.325 e. The van der Waals surface area contributed by atoms with Gasteiger partial charge in [-0.15, -0.1) is 12.1 Å². The predicted molar refractivity (Wildman–Crippen MR) is 21.8 cm³/mol. The zero-order chi connectivity index (χ0) is 4.24. The molecule has 0 spiro atoms. The van der Waals surface area contributed by atoms with E-state index >= 15 is 0 Å². The summed E-state index contributed by atoms with van der Waals surface area (Å²) in [6.45, 7) is 0. The monoisotopic (exact) mass is 79.0 g/mol. The first-order valence-electron chi connectivity index (χ1n) is 1.82. The Morgan fingerprint density at radius 3 is 2.00 bits per heavy atom. The predicted octanol–water partition coefficient (Wildman–Crippen LogP) is 0.301. The van der Waals surface area contributed by atoms with Crippen LogP contribution in [0.4, 0.5) is 0 Å². The molecule has 1 aromatic heterocycles. The zero-order valence-electron chi connectivity index (χ0n) is 3.31. The first-order valence-corrected chi connectivity index (χ1v) is 1.82. The molecular weight excluding hydrogens is 74.1 g/mol. The summed E-state index contributed by atoms with van der Waals surface area (Å²) >= 11 is 0. The smallest absolute Gasteiger partial charge is 0.0613 e. The standard InChI is InChI=1S/C5H4N/c1-2-4-6-5-3-1/h2-5H/q-1/p+1. The van der Waals surface area contributed by atoms with E-state index in [-0.39, 0.29) is 0 Å². The Hall–Kier alpha value is -0.850. The number of pyridine rings is 1. The summed E-state index contributed by atoms with van der Waals surface area (Å²) in [7, 11) is 0. The first-order chi connectivity index (χ1) is 3.00. The van der Waals surface area contributed by atoms with Gasteiger partial charge in [0, 0.05) is 0 Å². The van der Waals surface area contributed by atoms with Crippen molar-refractivity contribution in [1.82, 2.24) is 0 Å². The number of hydrogen-bond donors (Lipinski definition) is 0. The lowest BCUT2D eigenvalue weighted by atomic mass is 10.5. The van der Waals surface area contributed by atoms with E-state index in [0.29, 0.717) is 0 Å². The van der Waals surface area contributed by atoms with Crippen LogP contribution in [-0.2, 0) is 0 Å². The van der Waals surface area contributed by atoms with Crippen LogP contribution in [0, 0.1) is 6.07 Å². The molecule has 1 heterocycles. The van der Waals surface area contributed by atoms with Gasteiger partial charge in [-0.3, -0.25) is 0 Å². The van der Waals surface area contributed by atoms with Gasteiger partial charge in [-0.1, -0.05) is 0 Å². The number of H-pyrrole nitrogens is 1. The maximum absolute atomic E-state index is 2.86. The van der Waals surface area contributed by atoms with Gasteiger partial charge in [-0.05, 0) is 0 Å². The normalized spacial score (nSPS) is 8.00. The van der Waals surface area contributed by atoms with Crippen LogP contribution >= 0.6 is 0 Å². The van der Waals surface area contributed by atoms with Gasteiger partial charge in [0.25, 0.3) is 0 Å². The average Bonchev–Trinajstić information content (AvgIpc) is 1.72. The summed E-state index contributed by atoms with van der Waals surface area (Å²) in [5.74, 6) is 0. The molecule has 0 amide bonds. The summed E-state index contributed by atoms with van der Waals surface area (Å²) in [4.78, 5) is 2.86. The molecule has 0 aliphatic carbocycles. The fourth-order valence-corrected chi connectivity index (χ4v) is 0.304. The zero-order valence-corrected chi connectivity index (χ0v) is 3.31. The van der Waals surface area contributed by atoms with Crippen molar-refractivity contribution in [2.24, 2.45) is 0 Å². The van der Waals surface area contributed by atoms with Crippen molar-refractivity contribution >= 4 is 0 Å². The molecule has 0 aliphatic heterocycles. The lowest BCUT2D eigenvalue weighted by Gasteiger charge is -1.74. The van der Waals surface area contributed by atoms with E-state index in [0.717, 1.165) is 0 Å². The van der Waals surface area contributed by atoms with Crippen molar-refractivity contribution in [3.8, 4) is 0 Å². The SMILES string of the molecule is [c-]1cc[nH+]cc1. The highest BCUT2D eigenvalue weighted by atomic mass is 14.6. The number of rotatable bonds is 0. The Balaban J connectivity index is 3.00. The van der Waals surface area contributed by atoms with Crippen molar-refractivity contribution in [3.05, 3.63) is 30.6 Å². The molecule has 0 bridgehead atoms. The molecule has 0 saturated heterocycles. The van der Waals surface area contributed by atoms with Crippen LogP contribution in [0.1, 0.15) is 0 Å². The van der Waals surface area contributed by atoms with Gasteiger partial charge >= 0.3 is 0 Å². The van der Waals surface area contributed by atoms with Crippen molar-refractivity contribution in [2.75, 3.05) is 0 Å². The Morgan fingerprint density at radius 1 is 1.17 bits per heavy atom. The van der Waals surface area contributed by atoms with Gasteiger partial charge < -0.3 is 4.98 Å². The molecule has 0 fully saturated rings. The molecular formula is C5H5N. The van der Waals surface area contributed by atoms with Crippen LogP contribution in [0.3, 0.4) is 0 Å². The fraction of sp³-hybridized carbons (Fsp3) is 0. The van der Waals surface area contributed by atoms with Crippen LogP contribution in [0.2, 0.25) is 0 Å². The number of aromatic amines is 1. The van der Waals surface area contributed by atoms with Crippen molar-refractivity contribution in [1.29, 1.82) is 0 Å².